The number of nitrogen functional groups attached to an aromatic ring is 1. The maximum absolute atomic E-state index is 12.6. The summed E-state index contributed by atoms with van der Waals surface area (Å²) in [6, 6.07) is 13.5. The molecule has 2 heterocycles. The van der Waals surface area contributed by atoms with Gasteiger partial charge in [-0.1, -0.05) is 0 Å². The molecule has 11 heteroatoms. The summed E-state index contributed by atoms with van der Waals surface area (Å²) < 4.78 is 11.9. The SMILES string of the molecule is COc1cc(OC)cc(C(Nc2ccc(C(=N)N)cc2)c2nn(-c3ncccn3)c(=O)[nH]2)c1. The van der Waals surface area contributed by atoms with E-state index in [0.29, 0.717) is 22.9 Å². The molecule has 0 saturated heterocycles. The van der Waals surface area contributed by atoms with Crippen molar-refractivity contribution in [2.24, 2.45) is 5.73 Å². The molecule has 0 saturated carbocycles. The Morgan fingerprint density at radius 3 is 2.30 bits per heavy atom. The van der Waals surface area contributed by atoms with Crippen molar-refractivity contribution < 1.29 is 9.47 Å². The van der Waals surface area contributed by atoms with Crippen molar-refractivity contribution in [1.82, 2.24) is 24.7 Å². The minimum absolute atomic E-state index is 0.0263. The standard InChI is InChI=1S/C22H22N8O3/c1-32-16-10-14(11-17(12-16)33-2)18(27-15-6-4-13(5-7-15)19(23)24)20-28-22(31)30(29-20)21-25-8-3-9-26-21/h3-12,18,27H,1-2H3,(H3,23,24)(H,28,29,31). The van der Waals surface area contributed by atoms with E-state index in [4.69, 9.17) is 20.6 Å². The van der Waals surface area contributed by atoms with Gasteiger partial charge in [-0.05, 0) is 48.0 Å². The highest BCUT2D eigenvalue weighted by Gasteiger charge is 2.22. The molecule has 33 heavy (non-hydrogen) atoms. The molecule has 0 aliphatic carbocycles. The van der Waals surface area contributed by atoms with E-state index in [1.165, 1.54) is 12.4 Å². The summed E-state index contributed by atoms with van der Waals surface area (Å²) in [5.74, 6) is 1.62. The maximum atomic E-state index is 12.6. The molecule has 0 radical (unpaired) electrons. The first kappa shape index (κ1) is 21.6. The van der Waals surface area contributed by atoms with Crippen LogP contribution in [-0.2, 0) is 0 Å². The smallest absolute Gasteiger partial charge is 0.350 e. The lowest BCUT2D eigenvalue weighted by Gasteiger charge is -2.20. The van der Waals surface area contributed by atoms with Gasteiger partial charge in [0.05, 0.1) is 14.2 Å². The number of aromatic nitrogens is 5. The Morgan fingerprint density at radius 1 is 1.09 bits per heavy atom. The van der Waals surface area contributed by atoms with Gasteiger partial charge in [-0.25, -0.2) is 14.8 Å². The minimum atomic E-state index is -0.588. The number of rotatable bonds is 8. The van der Waals surface area contributed by atoms with Crippen LogP contribution in [0.2, 0.25) is 0 Å². The number of benzene rings is 2. The van der Waals surface area contributed by atoms with Crippen molar-refractivity contribution >= 4 is 11.5 Å². The maximum Gasteiger partial charge on any atom is 0.350 e. The van der Waals surface area contributed by atoms with Crippen LogP contribution in [0.15, 0.2) is 65.7 Å². The van der Waals surface area contributed by atoms with Crippen molar-refractivity contribution in [3.63, 3.8) is 0 Å². The van der Waals surface area contributed by atoms with Gasteiger partial charge in [0, 0.05) is 29.7 Å². The Kier molecular flexibility index (Phi) is 6.02. The summed E-state index contributed by atoms with van der Waals surface area (Å²) >= 11 is 0. The number of aromatic amines is 1. The molecule has 0 amide bonds. The van der Waals surface area contributed by atoms with E-state index in [1.54, 1.807) is 50.6 Å². The molecule has 2 aromatic carbocycles. The summed E-state index contributed by atoms with van der Waals surface area (Å²) in [7, 11) is 3.12. The van der Waals surface area contributed by atoms with Crippen LogP contribution in [0.4, 0.5) is 5.69 Å². The van der Waals surface area contributed by atoms with Gasteiger partial charge >= 0.3 is 5.69 Å². The summed E-state index contributed by atoms with van der Waals surface area (Å²) in [5, 5.41) is 15.4. The van der Waals surface area contributed by atoms with Crippen molar-refractivity contribution in [2.45, 2.75) is 6.04 Å². The number of amidine groups is 1. The largest absolute Gasteiger partial charge is 0.497 e. The second-order valence-electron chi connectivity index (χ2n) is 6.99. The van der Waals surface area contributed by atoms with Crippen LogP contribution in [0.1, 0.15) is 23.0 Å². The molecule has 4 aromatic rings. The molecule has 0 fully saturated rings. The van der Waals surface area contributed by atoms with Gasteiger partial charge in [0.2, 0.25) is 0 Å². The number of methoxy groups -OCH3 is 2. The van der Waals surface area contributed by atoms with Crippen LogP contribution >= 0.6 is 0 Å². The number of nitrogens with one attached hydrogen (secondary N) is 3. The fourth-order valence-electron chi connectivity index (χ4n) is 3.23. The Labute approximate surface area is 188 Å². The third-order valence-corrected chi connectivity index (χ3v) is 4.86. The zero-order chi connectivity index (χ0) is 23.4. The van der Waals surface area contributed by atoms with Crippen LogP contribution in [-0.4, -0.2) is 44.8 Å². The minimum Gasteiger partial charge on any atom is -0.497 e. The predicted molar refractivity (Wildman–Crippen MR) is 122 cm³/mol. The average molecular weight is 446 g/mol. The summed E-state index contributed by atoms with van der Waals surface area (Å²) in [4.78, 5) is 23.6. The monoisotopic (exact) mass is 446 g/mol. The van der Waals surface area contributed by atoms with Gasteiger partial charge in [-0.15, -0.1) is 9.78 Å². The second kappa shape index (κ2) is 9.22. The quantitative estimate of drug-likeness (QED) is 0.236. The number of ether oxygens (including phenoxy) is 2. The molecule has 5 N–H and O–H groups in total. The Bertz CT molecular complexity index is 1290. The molecule has 0 spiro atoms. The van der Waals surface area contributed by atoms with Gasteiger partial charge in [0.15, 0.2) is 5.82 Å². The number of hydrogen-bond acceptors (Lipinski definition) is 8. The summed E-state index contributed by atoms with van der Waals surface area (Å²) in [6.07, 6.45) is 3.06. The van der Waals surface area contributed by atoms with Gasteiger partial charge < -0.3 is 20.5 Å². The van der Waals surface area contributed by atoms with E-state index in [-0.39, 0.29) is 11.8 Å². The molecular formula is C22H22N8O3. The zero-order valence-electron chi connectivity index (χ0n) is 17.9. The first-order valence-electron chi connectivity index (χ1n) is 9.89. The third kappa shape index (κ3) is 4.66. The molecule has 2 aromatic heterocycles. The highest BCUT2D eigenvalue weighted by molar-refractivity contribution is 5.95. The number of nitrogens with two attached hydrogens (primary N) is 1. The zero-order valence-corrected chi connectivity index (χ0v) is 17.9. The lowest BCUT2D eigenvalue weighted by atomic mass is 10.0. The first-order valence-corrected chi connectivity index (χ1v) is 9.89. The van der Waals surface area contributed by atoms with E-state index in [2.05, 4.69) is 25.4 Å². The predicted octanol–water partition coefficient (Wildman–Crippen LogP) is 1.85. The first-order chi connectivity index (χ1) is 16.0. The topological polar surface area (TPSA) is 157 Å². The molecule has 0 aliphatic rings. The highest BCUT2D eigenvalue weighted by atomic mass is 16.5. The number of nitrogens with zero attached hydrogens (tertiary/aromatic N) is 4. The average Bonchev–Trinajstić information content (AvgIpc) is 3.24. The van der Waals surface area contributed by atoms with E-state index >= 15 is 0 Å². The molecule has 0 bridgehead atoms. The number of anilines is 1. The lowest BCUT2D eigenvalue weighted by molar-refractivity contribution is 0.393. The van der Waals surface area contributed by atoms with Crippen LogP contribution < -0.4 is 26.2 Å². The van der Waals surface area contributed by atoms with Gasteiger partial charge in [0.25, 0.3) is 5.95 Å². The van der Waals surface area contributed by atoms with Crippen LogP contribution in [0, 0.1) is 5.41 Å². The fourth-order valence-corrected chi connectivity index (χ4v) is 3.23. The van der Waals surface area contributed by atoms with Gasteiger partial charge in [0.1, 0.15) is 23.4 Å². The van der Waals surface area contributed by atoms with Crippen LogP contribution in [0.5, 0.6) is 11.5 Å². The Balaban J connectivity index is 1.80. The van der Waals surface area contributed by atoms with Crippen molar-refractivity contribution in [1.29, 1.82) is 5.41 Å². The van der Waals surface area contributed by atoms with E-state index < -0.39 is 11.7 Å². The molecule has 11 nitrogen and oxygen atoms in total. The number of H-pyrrole nitrogens is 1. The Morgan fingerprint density at radius 2 is 1.73 bits per heavy atom. The van der Waals surface area contributed by atoms with E-state index in [1.807, 2.05) is 12.1 Å². The third-order valence-electron chi connectivity index (χ3n) is 4.86. The van der Waals surface area contributed by atoms with E-state index in [0.717, 1.165) is 15.9 Å². The summed E-state index contributed by atoms with van der Waals surface area (Å²) in [5.41, 5.74) is 7.12. The van der Waals surface area contributed by atoms with Crippen LogP contribution in [0.3, 0.4) is 0 Å². The normalized spacial score (nSPS) is 11.6. The Hall–Kier alpha value is -4.67. The molecule has 4 rings (SSSR count). The fraction of sp³-hybridized carbons (Fsp3) is 0.136. The molecule has 0 aliphatic heterocycles. The van der Waals surface area contributed by atoms with Crippen molar-refractivity contribution in [2.75, 3.05) is 19.5 Å². The molecule has 168 valence electrons. The second-order valence-corrected chi connectivity index (χ2v) is 6.99. The van der Waals surface area contributed by atoms with Crippen LogP contribution in [0.25, 0.3) is 5.95 Å². The summed E-state index contributed by atoms with van der Waals surface area (Å²) in [6.45, 7) is 0. The van der Waals surface area contributed by atoms with Gasteiger partial charge in [-0.2, -0.15) is 0 Å². The molecule has 1 atom stereocenters. The van der Waals surface area contributed by atoms with Crippen molar-refractivity contribution in [3.8, 4) is 17.4 Å². The lowest BCUT2D eigenvalue weighted by Crippen LogP contribution is -2.18. The van der Waals surface area contributed by atoms with Gasteiger partial charge in [-0.3, -0.25) is 10.4 Å². The number of hydrogen-bond donors (Lipinski definition) is 4. The molecule has 1 unspecified atom stereocenters. The highest BCUT2D eigenvalue weighted by Crippen LogP contribution is 2.31. The molecular weight excluding hydrogens is 424 g/mol. The van der Waals surface area contributed by atoms with Crippen molar-refractivity contribution in [3.05, 3.63) is 88.4 Å². The van der Waals surface area contributed by atoms with E-state index in [9.17, 15) is 4.79 Å².